The van der Waals surface area contributed by atoms with Crippen molar-refractivity contribution in [1.82, 2.24) is 30.5 Å². The van der Waals surface area contributed by atoms with Crippen molar-refractivity contribution in [1.29, 1.82) is 0 Å². The van der Waals surface area contributed by atoms with Gasteiger partial charge in [0.1, 0.15) is 0 Å². The normalized spacial score (nSPS) is 16.0. The second-order valence-corrected chi connectivity index (χ2v) is 7.62. The summed E-state index contributed by atoms with van der Waals surface area (Å²) in [7, 11) is 1.67. The summed E-state index contributed by atoms with van der Waals surface area (Å²) in [6.07, 6.45) is -0.480. The van der Waals surface area contributed by atoms with Gasteiger partial charge in [-0.3, -0.25) is 9.89 Å². The van der Waals surface area contributed by atoms with Crippen molar-refractivity contribution in [3.63, 3.8) is 0 Å². The van der Waals surface area contributed by atoms with Gasteiger partial charge in [0.15, 0.2) is 11.7 Å². The van der Waals surface area contributed by atoms with Crippen LogP contribution in [0.15, 0.2) is 28.8 Å². The number of nitrogens with zero attached hydrogens (tertiary/aromatic N) is 6. The molecule has 3 rings (SSSR count). The van der Waals surface area contributed by atoms with Crippen LogP contribution in [0.25, 0.3) is 0 Å². The van der Waals surface area contributed by atoms with Crippen LogP contribution >= 0.6 is 11.3 Å². The first kappa shape index (κ1) is 22.2. The Morgan fingerprint density at radius 2 is 1.83 bits per heavy atom. The van der Waals surface area contributed by atoms with E-state index < -0.39 is 11.9 Å². The molecule has 12 heteroatoms. The van der Waals surface area contributed by atoms with Gasteiger partial charge in [0.25, 0.3) is 0 Å². The molecule has 0 radical (unpaired) electrons. The monoisotopic (exact) mass is 442 g/mol. The second-order valence-electron chi connectivity index (χ2n) is 6.68. The molecule has 1 aliphatic heterocycles. The predicted octanol–water partition coefficient (Wildman–Crippen LogP) is 1.48. The van der Waals surface area contributed by atoms with Crippen molar-refractivity contribution in [3.8, 4) is 0 Å². The average Bonchev–Trinajstić information content (AvgIpc) is 3.23. The van der Waals surface area contributed by atoms with E-state index in [0.29, 0.717) is 23.9 Å². The number of hydrogen-bond donors (Lipinski definition) is 2. The van der Waals surface area contributed by atoms with Crippen LogP contribution in [0.2, 0.25) is 0 Å². The van der Waals surface area contributed by atoms with E-state index in [1.807, 2.05) is 6.07 Å². The van der Waals surface area contributed by atoms with Crippen LogP contribution in [0.5, 0.6) is 0 Å². The van der Waals surface area contributed by atoms with Crippen LogP contribution in [-0.4, -0.2) is 78.7 Å². The number of rotatable bonds is 7. The molecule has 8 nitrogen and oxygen atoms in total. The van der Waals surface area contributed by atoms with Gasteiger partial charge >= 0.3 is 6.18 Å². The molecule has 30 heavy (non-hydrogen) atoms. The van der Waals surface area contributed by atoms with Gasteiger partial charge in [0.2, 0.25) is 5.95 Å². The molecule has 2 aromatic rings. The summed E-state index contributed by atoms with van der Waals surface area (Å²) in [5.74, 6) is 1.39. The molecule has 3 heterocycles. The fourth-order valence-corrected chi connectivity index (χ4v) is 3.83. The highest BCUT2D eigenvalue weighted by atomic mass is 32.1. The molecule has 1 saturated heterocycles. The smallest absolute Gasteiger partial charge is 0.356 e. The van der Waals surface area contributed by atoms with Gasteiger partial charge in [-0.1, -0.05) is 0 Å². The van der Waals surface area contributed by atoms with Crippen LogP contribution in [0.4, 0.5) is 19.1 Å². The minimum absolute atomic E-state index is 0.408. The van der Waals surface area contributed by atoms with E-state index in [0.717, 1.165) is 61.9 Å². The van der Waals surface area contributed by atoms with Gasteiger partial charge in [-0.15, -0.1) is 11.3 Å². The van der Waals surface area contributed by atoms with Gasteiger partial charge < -0.3 is 15.5 Å². The maximum Gasteiger partial charge on any atom is 0.434 e. The molecule has 2 aromatic heterocycles. The maximum absolute atomic E-state index is 12.6. The van der Waals surface area contributed by atoms with E-state index in [9.17, 15) is 13.2 Å². The van der Waals surface area contributed by atoms with Gasteiger partial charge in [-0.25, -0.2) is 15.0 Å². The first-order chi connectivity index (χ1) is 14.5. The fourth-order valence-electron chi connectivity index (χ4n) is 3.02. The molecule has 0 amide bonds. The number of guanidine groups is 1. The van der Waals surface area contributed by atoms with E-state index in [1.54, 1.807) is 19.4 Å². The largest absolute Gasteiger partial charge is 0.434 e. The highest BCUT2D eigenvalue weighted by Crippen LogP contribution is 2.29. The van der Waals surface area contributed by atoms with E-state index in [1.165, 1.54) is 0 Å². The summed E-state index contributed by atoms with van der Waals surface area (Å²) in [4.78, 5) is 20.9. The molecular weight excluding hydrogens is 417 g/mol. The Balaban J connectivity index is 1.32. The number of halogens is 3. The van der Waals surface area contributed by atoms with Crippen molar-refractivity contribution in [2.24, 2.45) is 4.99 Å². The van der Waals surface area contributed by atoms with E-state index >= 15 is 0 Å². The zero-order valence-corrected chi connectivity index (χ0v) is 17.5. The number of aromatic nitrogens is 3. The third kappa shape index (κ3) is 6.52. The van der Waals surface area contributed by atoms with Gasteiger partial charge in [-0.2, -0.15) is 13.2 Å². The molecule has 1 fully saturated rings. The van der Waals surface area contributed by atoms with E-state index in [2.05, 4.69) is 40.4 Å². The molecule has 0 spiro atoms. The Hall–Kier alpha value is -2.47. The van der Waals surface area contributed by atoms with Crippen molar-refractivity contribution >= 4 is 23.2 Å². The molecule has 0 saturated carbocycles. The number of thiazole rings is 1. The summed E-state index contributed by atoms with van der Waals surface area (Å²) in [5.41, 5.74) is -0.830. The number of hydrogen-bond acceptors (Lipinski definition) is 7. The van der Waals surface area contributed by atoms with E-state index in [4.69, 9.17) is 0 Å². The number of piperazine rings is 1. The molecule has 0 aromatic carbocycles. The topological polar surface area (TPSA) is 81.6 Å². The lowest BCUT2D eigenvalue weighted by molar-refractivity contribution is -0.140. The molecular formula is C18H25F3N8S. The van der Waals surface area contributed by atoms with Crippen LogP contribution in [0.1, 0.15) is 10.7 Å². The first-order valence-electron chi connectivity index (χ1n) is 9.66. The van der Waals surface area contributed by atoms with Crippen molar-refractivity contribution < 1.29 is 13.2 Å². The standard InChI is InChI=1S/C18H25F3N8S/c1-22-16(23-6-3-15-27-14(13-30-15)18(19,20)21)24-7-8-28-9-11-29(12-10-28)17-25-4-2-5-26-17/h2,4-5,13H,3,6-12H2,1H3,(H2,22,23,24). The zero-order valence-electron chi connectivity index (χ0n) is 16.7. The van der Waals surface area contributed by atoms with Crippen LogP contribution in [0.3, 0.4) is 0 Å². The lowest BCUT2D eigenvalue weighted by Crippen LogP contribution is -2.49. The van der Waals surface area contributed by atoms with Gasteiger partial charge in [0.05, 0.1) is 5.01 Å². The average molecular weight is 443 g/mol. The quantitative estimate of drug-likeness (QED) is 0.497. The van der Waals surface area contributed by atoms with Crippen molar-refractivity contribution in [2.45, 2.75) is 12.6 Å². The molecule has 0 atom stereocenters. The summed E-state index contributed by atoms with van der Waals surface area (Å²) in [6.45, 7) is 5.66. The first-order valence-corrected chi connectivity index (χ1v) is 10.5. The molecule has 1 aliphatic rings. The number of nitrogens with one attached hydrogen (secondary N) is 2. The molecule has 0 unspecified atom stereocenters. The van der Waals surface area contributed by atoms with Crippen LogP contribution in [-0.2, 0) is 12.6 Å². The van der Waals surface area contributed by atoms with Crippen LogP contribution < -0.4 is 15.5 Å². The Labute approximate surface area is 177 Å². The molecule has 164 valence electrons. The van der Waals surface area contributed by atoms with Gasteiger partial charge in [-0.05, 0) is 6.07 Å². The fraction of sp³-hybridized carbons (Fsp3) is 0.556. The summed E-state index contributed by atoms with van der Waals surface area (Å²) < 4.78 is 37.8. The molecule has 0 bridgehead atoms. The summed E-state index contributed by atoms with van der Waals surface area (Å²) in [6, 6.07) is 1.81. The highest BCUT2D eigenvalue weighted by molar-refractivity contribution is 7.09. The SMILES string of the molecule is CN=C(NCCc1nc(C(F)(F)F)cs1)NCCN1CCN(c2ncccn2)CC1. The summed E-state index contributed by atoms with van der Waals surface area (Å²) >= 11 is 1.02. The van der Waals surface area contributed by atoms with Crippen molar-refractivity contribution in [2.75, 3.05) is 57.8 Å². The molecule has 2 N–H and O–H groups in total. The number of anilines is 1. The second kappa shape index (κ2) is 10.5. The molecule has 0 aliphatic carbocycles. The Morgan fingerprint density at radius 1 is 1.13 bits per heavy atom. The van der Waals surface area contributed by atoms with Crippen LogP contribution in [0, 0.1) is 0 Å². The number of alkyl halides is 3. The van der Waals surface area contributed by atoms with Gasteiger partial charge in [0, 0.05) is 77.1 Å². The Kier molecular flexibility index (Phi) is 7.80. The third-order valence-corrected chi connectivity index (χ3v) is 5.53. The third-order valence-electron chi connectivity index (χ3n) is 4.62. The summed E-state index contributed by atoms with van der Waals surface area (Å²) in [5, 5.41) is 7.85. The van der Waals surface area contributed by atoms with E-state index in [-0.39, 0.29) is 0 Å². The Morgan fingerprint density at radius 3 is 2.47 bits per heavy atom. The lowest BCUT2D eigenvalue weighted by atomic mass is 10.3. The minimum Gasteiger partial charge on any atom is -0.356 e. The zero-order chi connectivity index (χ0) is 21.4. The van der Waals surface area contributed by atoms with Crippen molar-refractivity contribution in [3.05, 3.63) is 34.5 Å². The Bertz CT molecular complexity index is 803. The minimum atomic E-state index is -4.39. The number of aliphatic imine (C=N–C) groups is 1. The maximum atomic E-state index is 12.6. The highest BCUT2D eigenvalue weighted by Gasteiger charge is 2.33. The predicted molar refractivity (Wildman–Crippen MR) is 111 cm³/mol. The lowest BCUT2D eigenvalue weighted by Gasteiger charge is -2.34.